The van der Waals surface area contributed by atoms with Crippen molar-refractivity contribution < 1.29 is 14.3 Å². The van der Waals surface area contributed by atoms with Gasteiger partial charge in [0.15, 0.2) is 0 Å². The van der Waals surface area contributed by atoms with Gasteiger partial charge < -0.3 is 15.2 Å². The second-order valence-corrected chi connectivity index (χ2v) is 4.19. The number of ether oxygens (including phenoxy) is 2. The highest BCUT2D eigenvalue weighted by Crippen LogP contribution is 2.39. The van der Waals surface area contributed by atoms with Crippen LogP contribution in [0, 0.1) is 6.92 Å². The fourth-order valence-electron chi connectivity index (χ4n) is 1.28. The zero-order chi connectivity index (χ0) is 11.7. The summed E-state index contributed by atoms with van der Waals surface area (Å²) in [6.45, 7) is 1.92. The predicted octanol–water partition coefficient (Wildman–Crippen LogP) is 2.33. The molecule has 0 saturated carbocycles. The van der Waals surface area contributed by atoms with Gasteiger partial charge in [-0.15, -0.1) is 0 Å². The third-order valence-corrected chi connectivity index (χ3v) is 3.04. The lowest BCUT2D eigenvalue weighted by atomic mass is 10.2. The summed E-state index contributed by atoms with van der Waals surface area (Å²) in [5.41, 5.74) is 7.27. The maximum Gasteiger partial charge on any atom is 0.514 e. The van der Waals surface area contributed by atoms with Crippen LogP contribution in [0.1, 0.15) is 5.56 Å². The van der Waals surface area contributed by atoms with Crippen molar-refractivity contribution in [2.24, 2.45) is 0 Å². The van der Waals surface area contributed by atoms with Gasteiger partial charge in [0.05, 0.1) is 12.8 Å². The van der Waals surface area contributed by atoms with Crippen molar-refractivity contribution in [1.82, 2.24) is 4.98 Å². The Morgan fingerprint density at radius 1 is 1.56 bits per heavy atom. The van der Waals surface area contributed by atoms with Gasteiger partial charge in [-0.3, -0.25) is 0 Å². The fraction of sp³-hybridized carbons (Fsp3) is 0.200. The Bertz CT molecular complexity index is 550. The van der Waals surface area contributed by atoms with Crippen LogP contribution in [-0.2, 0) is 4.74 Å². The van der Waals surface area contributed by atoms with Gasteiger partial charge in [0, 0.05) is 11.6 Å². The van der Waals surface area contributed by atoms with E-state index in [0.717, 1.165) is 15.8 Å². The molecule has 0 bridgehead atoms. The summed E-state index contributed by atoms with van der Waals surface area (Å²) in [5, 5.41) is 1.11. The van der Waals surface area contributed by atoms with Crippen molar-refractivity contribution in [1.29, 1.82) is 0 Å². The summed E-state index contributed by atoms with van der Waals surface area (Å²) < 4.78 is 9.31. The van der Waals surface area contributed by atoms with E-state index in [2.05, 4.69) is 9.72 Å². The monoisotopic (exact) mass is 238 g/mol. The number of anilines is 1. The van der Waals surface area contributed by atoms with E-state index in [1.165, 1.54) is 18.4 Å². The number of rotatable bonds is 1. The smallest absolute Gasteiger partial charge is 0.437 e. The first kappa shape index (κ1) is 10.7. The van der Waals surface area contributed by atoms with Crippen molar-refractivity contribution in [3.63, 3.8) is 0 Å². The number of hydrogen-bond acceptors (Lipinski definition) is 6. The highest BCUT2D eigenvalue weighted by molar-refractivity contribution is 7.21. The average molecular weight is 238 g/mol. The van der Waals surface area contributed by atoms with E-state index in [1.807, 2.05) is 13.0 Å². The molecule has 0 aliphatic carbocycles. The highest BCUT2D eigenvalue weighted by Gasteiger charge is 2.15. The fourth-order valence-corrected chi connectivity index (χ4v) is 2.17. The van der Waals surface area contributed by atoms with Crippen LogP contribution in [-0.4, -0.2) is 18.2 Å². The zero-order valence-corrected chi connectivity index (χ0v) is 9.63. The summed E-state index contributed by atoms with van der Waals surface area (Å²) in [7, 11) is 1.24. The number of methoxy groups -OCH3 is 1. The van der Waals surface area contributed by atoms with Crippen LogP contribution in [0.3, 0.4) is 0 Å². The Kier molecular flexibility index (Phi) is 2.66. The third-order valence-electron chi connectivity index (χ3n) is 2.03. The molecule has 0 atom stereocenters. The van der Waals surface area contributed by atoms with Gasteiger partial charge in [0.2, 0.25) is 5.06 Å². The average Bonchev–Trinajstić information content (AvgIpc) is 2.56. The van der Waals surface area contributed by atoms with Crippen molar-refractivity contribution >= 4 is 33.4 Å². The molecule has 0 fully saturated rings. The molecule has 0 radical (unpaired) electrons. The lowest BCUT2D eigenvalue weighted by molar-refractivity contribution is 0.123. The van der Waals surface area contributed by atoms with Crippen LogP contribution in [0.4, 0.5) is 10.5 Å². The van der Waals surface area contributed by atoms with E-state index in [1.54, 1.807) is 6.20 Å². The first-order chi connectivity index (χ1) is 7.61. The van der Waals surface area contributed by atoms with E-state index in [-0.39, 0.29) is 0 Å². The number of nitrogens with zero attached hydrogens (tertiary/aromatic N) is 1. The number of carbonyl (C=O) groups is 1. The molecule has 0 unspecified atom stereocenters. The van der Waals surface area contributed by atoms with E-state index >= 15 is 0 Å². The molecule has 16 heavy (non-hydrogen) atoms. The summed E-state index contributed by atoms with van der Waals surface area (Å²) in [6.07, 6.45) is 0.954. The second-order valence-electron chi connectivity index (χ2n) is 3.22. The lowest BCUT2D eigenvalue weighted by Crippen LogP contribution is -2.07. The molecule has 2 N–H and O–H groups in total. The van der Waals surface area contributed by atoms with Gasteiger partial charge in [0.1, 0.15) is 4.83 Å². The number of nitrogens with two attached hydrogens (primary N) is 1. The minimum absolute atomic E-state index is 0.319. The van der Waals surface area contributed by atoms with Crippen molar-refractivity contribution in [2.45, 2.75) is 6.92 Å². The molecule has 2 aromatic heterocycles. The van der Waals surface area contributed by atoms with Crippen LogP contribution < -0.4 is 10.5 Å². The summed E-state index contributed by atoms with van der Waals surface area (Å²) in [6, 6.07) is 1.90. The Balaban J connectivity index is 2.48. The quantitative estimate of drug-likeness (QED) is 0.772. The van der Waals surface area contributed by atoms with Crippen LogP contribution in [0.5, 0.6) is 5.06 Å². The van der Waals surface area contributed by atoms with Crippen molar-refractivity contribution in [3.8, 4) is 5.06 Å². The molecule has 0 spiro atoms. The van der Waals surface area contributed by atoms with Gasteiger partial charge >= 0.3 is 6.16 Å². The molecule has 84 valence electrons. The third kappa shape index (κ3) is 1.79. The molecule has 6 heteroatoms. The van der Waals surface area contributed by atoms with Crippen molar-refractivity contribution in [3.05, 3.63) is 17.8 Å². The van der Waals surface area contributed by atoms with Gasteiger partial charge in [-0.1, -0.05) is 11.3 Å². The maximum atomic E-state index is 11.0. The molecule has 2 heterocycles. The first-order valence-corrected chi connectivity index (χ1v) is 5.34. The molecule has 2 rings (SSSR count). The Morgan fingerprint density at radius 3 is 3.00 bits per heavy atom. The van der Waals surface area contributed by atoms with Crippen LogP contribution in [0.15, 0.2) is 12.3 Å². The van der Waals surface area contributed by atoms with Gasteiger partial charge in [-0.25, -0.2) is 9.78 Å². The maximum absolute atomic E-state index is 11.0. The Labute approximate surface area is 95.8 Å². The van der Waals surface area contributed by atoms with Gasteiger partial charge in [-0.2, -0.15) is 0 Å². The first-order valence-electron chi connectivity index (χ1n) is 4.52. The summed E-state index contributed by atoms with van der Waals surface area (Å²) in [4.78, 5) is 15.9. The molecular weight excluding hydrogens is 228 g/mol. The number of aryl methyl sites for hydroxylation is 1. The Hall–Kier alpha value is -1.82. The van der Waals surface area contributed by atoms with Crippen LogP contribution in [0.2, 0.25) is 0 Å². The van der Waals surface area contributed by atoms with Crippen LogP contribution in [0.25, 0.3) is 10.2 Å². The zero-order valence-electron chi connectivity index (χ0n) is 8.81. The van der Waals surface area contributed by atoms with Crippen molar-refractivity contribution in [2.75, 3.05) is 12.8 Å². The van der Waals surface area contributed by atoms with E-state index in [4.69, 9.17) is 10.5 Å². The van der Waals surface area contributed by atoms with Gasteiger partial charge in [0.25, 0.3) is 0 Å². The molecule has 0 aromatic carbocycles. The number of nitrogen functional groups attached to an aromatic ring is 1. The minimum atomic E-state index is -0.782. The number of pyridine rings is 1. The molecule has 5 nitrogen and oxygen atoms in total. The molecule has 0 aliphatic rings. The largest absolute Gasteiger partial charge is 0.514 e. The topological polar surface area (TPSA) is 74.4 Å². The number of carbonyl (C=O) groups excluding carboxylic acids is 1. The summed E-state index contributed by atoms with van der Waals surface area (Å²) >= 11 is 1.22. The number of fused-ring (bicyclic) bond motifs is 1. The Morgan fingerprint density at radius 2 is 2.31 bits per heavy atom. The minimum Gasteiger partial charge on any atom is -0.437 e. The number of hydrogen-bond donors (Lipinski definition) is 1. The SMILES string of the molecule is COC(=O)Oc1sc2ncc(C)cc2c1N. The second kappa shape index (κ2) is 3.97. The van der Waals surface area contributed by atoms with E-state index in [0.29, 0.717) is 10.8 Å². The molecule has 0 saturated heterocycles. The van der Waals surface area contributed by atoms with E-state index in [9.17, 15) is 4.79 Å². The normalized spacial score (nSPS) is 10.4. The number of thiophene rings is 1. The highest BCUT2D eigenvalue weighted by atomic mass is 32.1. The standard InChI is InChI=1S/C10H10N2O3S/c1-5-3-6-7(11)9(15-10(13)14-2)16-8(6)12-4-5/h3-4H,11H2,1-2H3. The molecule has 0 aliphatic heterocycles. The predicted molar refractivity (Wildman–Crippen MR) is 61.8 cm³/mol. The number of aromatic nitrogens is 1. The van der Waals surface area contributed by atoms with Crippen LogP contribution >= 0.6 is 11.3 Å². The van der Waals surface area contributed by atoms with E-state index < -0.39 is 6.16 Å². The van der Waals surface area contributed by atoms with Gasteiger partial charge in [-0.05, 0) is 18.6 Å². The summed E-state index contributed by atoms with van der Waals surface area (Å²) in [5.74, 6) is 0. The molecule has 2 aromatic rings. The molecular formula is C10H10N2O3S. The molecule has 0 amide bonds. The lowest BCUT2D eigenvalue weighted by Gasteiger charge is -1.99.